The van der Waals surface area contributed by atoms with Crippen LogP contribution in [0.25, 0.3) is 101 Å². The summed E-state index contributed by atoms with van der Waals surface area (Å²) in [6.07, 6.45) is 0. The standard InChI is InChI=1S/C51H33N3O/c1-6-17-34(18-7-1)39-27-16-28-40(31-39)50-52-49(38-25-14-5-15-26-38)53-51(54-50)43-30-29-42(36-21-10-3-11-22-36)46-45-33-41(35-19-8-2-9-20-35)32-44(47(45)55-48(43)46)37-23-12-4-13-24-37/h1-33H. The number of rotatable bonds is 7. The van der Waals surface area contributed by atoms with Gasteiger partial charge in [-0.05, 0) is 63.2 Å². The molecule has 0 saturated heterocycles. The number of hydrogen-bond acceptors (Lipinski definition) is 4. The molecule has 0 fully saturated rings. The molecule has 2 heterocycles. The molecule has 10 rings (SSSR count). The number of fused-ring (bicyclic) bond motifs is 3. The van der Waals surface area contributed by atoms with Gasteiger partial charge in [-0.1, -0.05) is 176 Å². The van der Waals surface area contributed by atoms with Crippen LogP contribution in [0.4, 0.5) is 0 Å². The average molecular weight is 704 g/mol. The maximum absolute atomic E-state index is 7.14. The summed E-state index contributed by atoms with van der Waals surface area (Å²) in [5, 5.41) is 2.05. The molecule has 0 bridgehead atoms. The third kappa shape index (κ3) is 6.06. The highest BCUT2D eigenvalue weighted by Gasteiger charge is 2.23. The fourth-order valence-corrected chi connectivity index (χ4v) is 7.46. The van der Waals surface area contributed by atoms with Crippen LogP contribution in [0.1, 0.15) is 0 Å². The molecule has 0 aliphatic carbocycles. The minimum absolute atomic E-state index is 0.544. The van der Waals surface area contributed by atoms with Crippen molar-refractivity contribution in [1.82, 2.24) is 15.0 Å². The van der Waals surface area contributed by atoms with Crippen molar-refractivity contribution in [3.8, 4) is 78.7 Å². The van der Waals surface area contributed by atoms with E-state index in [2.05, 4.69) is 152 Å². The SMILES string of the molecule is c1ccc(-c2cccc(-c3nc(-c4ccccc4)nc(-c4ccc(-c5ccccc5)c5c4oc4c(-c6ccccc6)cc(-c6ccccc6)cc45)n3)c2)cc1. The molecular weight excluding hydrogens is 671 g/mol. The monoisotopic (exact) mass is 703 g/mol. The topological polar surface area (TPSA) is 51.8 Å². The number of aromatic nitrogens is 3. The van der Waals surface area contributed by atoms with Crippen LogP contribution >= 0.6 is 0 Å². The molecule has 8 aromatic carbocycles. The number of hydrogen-bond donors (Lipinski definition) is 0. The van der Waals surface area contributed by atoms with Crippen LogP contribution in [0.3, 0.4) is 0 Å². The van der Waals surface area contributed by atoms with Gasteiger partial charge >= 0.3 is 0 Å². The van der Waals surface area contributed by atoms with Crippen molar-refractivity contribution >= 4 is 21.9 Å². The predicted octanol–water partition coefficient (Wildman–Crippen LogP) is 13.4. The van der Waals surface area contributed by atoms with Gasteiger partial charge in [-0.3, -0.25) is 0 Å². The van der Waals surface area contributed by atoms with E-state index in [0.29, 0.717) is 17.5 Å². The smallest absolute Gasteiger partial charge is 0.167 e. The Bertz CT molecular complexity index is 2940. The van der Waals surface area contributed by atoms with Crippen LogP contribution < -0.4 is 0 Å². The first-order valence-electron chi connectivity index (χ1n) is 18.4. The van der Waals surface area contributed by atoms with Crippen LogP contribution in [-0.4, -0.2) is 15.0 Å². The maximum Gasteiger partial charge on any atom is 0.167 e. The molecule has 0 amide bonds. The third-order valence-corrected chi connectivity index (χ3v) is 10.1. The Morgan fingerprint density at radius 3 is 1.35 bits per heavy atom. The first-order chi connectivity index (χ1) is 27.3. The number of benzene rings is 8. The van der Waals surface area contributed by atoms with E-state index in [1.165, 1.54) is 0 Å². The van der Waals surface area contributed by atoms with E-state index in [9.17, 15) is 0 Å². The van der Waals surface area contributed by atoms with Gasteiger partial charge in [-0.2, -0.15) is 0 Å². The van der Waals surface area contributed by atoms with E-state index in [1.54, 1.807) is 0 Å². The second-order valence-electron chi connectivity index (χ2n) is 13.6. The highest BCUT2D eigenvalue weighted by molar-refractivity contribution is 6.19. The van der Waals surface area contributed by atoms with E-state index in [0.717, 1.165) is 83.1 Å². The van der Waals surface area contributed by atoms with Crippen molar-refractivity contribution in [2.75, 3.05) is 0 Å². The molecule has 4 heteroatoms. The molecule has 2 aromatic heterocycles. The van der Waals surface area contributed by atoms with Gasteiger partial charge in [-0.15, -0.1) is 0 Å². The van der Waals surface area contributed by atoms with Crippen LogP contribution in [-0.2, 0) is 0 Å². The van der Waals surface area contributed by atoms with Crippen molar-refractivity contribution in [2.45, 2.75) is 0 Å². The van der Waals surface area contributed by atoms with E-state index in [1.807, 2.05) is 48.5 Å². The van der Waals surface area contributed by atoms with Gasteiger partial charge in [0.05, 0.1) is 5.56 Å². The highest BCUT2D eigenvalue weighted by Crippen LogP contribution is 2.46. The van der Waals surface area contributed by atoms with E-state index in [-0.39, 0.29) is 0 Å². The molecule has 0 N–H and O–H groups in total. The van der Waals surface area contributed by atoms with Gasteiger partial charge in [-0.25, -0.2) is 15.0 Å². The summed E-state index contributed by atoms with van der Waals surface area (Å²) in [6.45, 7) is 0. The Hall–Kier alpha value is -7.43. The summed E-state index contributed by atoms with van der Waals surface area (Å²) in [7, 11) is 0. The Labute approximate surface area is 319 Å². The van der Waals surface area contributed by atoms with Crippen molar-refractivity contribution < 1.29 is 4.42 Å². The minimum Gasteiger partial charge on any atom is -0.455 e. The maximum atomic E-state index is 7.14. The van der Waals surface area contributed by atoms with Gasteiger partial charge in [0.15, 0.2) is 17.5 Å². The van der Waals surface area contributed by atoms with E-state index in [4.69, 9.17) is 19.4 Å². The second kappa shape index (κ2) is 13.8. The van der Waals surface area contributed by atoms with Crippen molar-refractivity contribution in [3.05, 3.63) is 200 Å². The minimum atomic E-state index is 0.544. The van der Waals surface area contributed by atoms with Crippen molar-refractivity contribution in [1.29, 1.82) is 0 Å². The number of furan rings is 1. The molecule has 55 heavy (non-hydrogen) atoms. The summed E-state index contributed by atoms with van der Waals surface area (Å²) in [4.78, 5) is 15.5. The Morgan fingerprint density at radius 1 is 0.273 bits per heavy atom. The van der Waals surface area contributed by atoms with Gasteiger partial charge in [0, 0.05) is 27.5 Å². The molecule has 0 spiro atoms. The lowest BCUT2D eigenvalue weighted by atomic mass is 9.92. The van der Waals surface area contributed by atoms with Crippen molar-refractivity contribution in [2.24, 2.45) is 0 Å². The van der Waals surface area contributed by atoms with Crippen molar-refractivity contribution in [3.63, 3.8) is 0 Å². The molecule has 0 aliphatic rings. The predicted molar refractivity (Wildman–Crippen MR) is 225 cm³/mol. The first-order valence-corrected chi connectivity index (χ1v) is 18.4. The first kappa shape index (κ1) is 32.2. The fraction of sp³-hybridized carbons (Fsp3) is 0. The summed E-state index contributed by atoms with van der Waals surface area (Å²) in [5.74, 6) is 1.73. The second-order valence-corrected chi connectivity index (χ2v) is 13.6. The zero-order chi connectivity index (χ0) is 36.6. The number of nitrogens with zero attached hydrogens (tertiary/aromatic N) is 3. The zero-order valence-electron chi connectivity index (χ0n) is 29.8. The van der Waals surface area contributed by atoms with Crippen LogP contribution in [0.5, 0.6) is 0 Å². The van der Waals surface area contributed by atoms with Crippen LogP contribution in [0.15, 0.2) is 205 Å². The van der Waals surface area contributed by atoms with Crippen LogP contribution in [0, 0.1) is 0 Å². The normalized spacial score (nSPS) is 11.3. The highest BCUT2D eigenvalue weighted by atomic mass is 16.3. The fourth-order valence-electron chi connectivity index (χ4n) is 7.46. The quantitative estimate of drug-likeness (QED) is 0.166. The third-order valence-electron chi connectivity index (χ3n) is 10.1. The summed E-state index contributed by atoms with van der Waals surface area (Å²) in [6, 6.07) is 69.2. The molecule has 0 atom stereocenters. The molecule has 0 radical (unpaired) electrons. The molecule has 10 aromatic rings. The molecule has 258 valence electrons. The van der Waals surface area contributed by atoms with E-state index >= 15 is 0 Å². The van der Waals surface area contributed by atoms with Gasteiger partial charge < -0.3 is 4.42 Å². The molecular formula is C51H33N3O. The Kier molecular flexibility index (Phi) is 8.12. The van der Waals surface area contributed by atoms with Gasteiger partial charge in [0.1, 0.15) is 11.2 Å². The molecule has 0 saturated carbocycles. The Balaban J connectivity index is 1.27. The largest absolute Gasteiger partial charge is 0.455 e. The summed E-state index contributed by atoms with van der Waals surface area (Å²) in [5.41, 5.74) is 12.9. The summed E-state index contributed by atoms with van der Waals surface area (Å²) < 4.78 is 7.14. The van der Waals surface area contributed by atoms with Gasteiger partial charge in [0.2, 0.25) is 0 Å². The lowest BCUT2D eigenvalue weighted by molar-refractivity contribution is 0.670. The van der Waals surface area contributed by atoms with Gasteiger partial charge in [0.25, 0.3) is 0 Å². The summed E-state index contributed by atoms with van der Waals surface area (Å²) >= 11 is 0. The zero-order valence-corrected chi connectivity index (χ0v) is 29.8. The molecule has 4 nitrogen and oxygen atoms in total. The molecule has 0 unspecified atom stereocenters. The lowest BCUT2D eigenvalue weighted by Gasteiger charge is -2.11. The molecule has 0 aliphatic heterocycles. The average Bonchev–Trinajstić information content (AvgIpc) is 3.67. The van der Waals surface area contributed by atoms with Crippen LogP contribution in [0.2, 0.25) is 0 Å². The lowest BCUT2D eigenvalue weighted by Crippen LogP contribution is -2.00. The van der Waals surface area contributed by atoms with E-state index < -0.39 is 0 Å². The Morgan fingerprint density at radius 2 is 0.727 bits per heavy atom.